The van der Waals surface area contributed by atoms with E-state index in [1.165, 1.54) is 11.3 Å². The molecule has 0 saturated carbocycles. The number of hydrogen-bond acceptors (Lipinski definition) is 4. The molecule has 1 aromatic carbocycles. The maximum atomic E-state index is 12.3. The van der Waals surface area contributed by atoms with Crippen LogP contribution in [0.2, 0.25) is 10.0 Å². The van der Waals surface area contributed by atoms with Gasteiger partial charge in [0.1, 0.15) is 4.88 Å². The lowest BCUT2D eigenvalue weighted by atomic mass is 10.0. The lowest BCUT2D eigenvalue weighted by molar-refractivity contribution is -0.137. The Morgan fingerprint density at radius 3 is 2.88 bits per heavy atom. The summed E-state index contributed by atoms with van der Waals surface area (Å²) in [5.74, 6) is -0.730. The van der Waals surface area contributed by atoms with Crippen molar-refractivity contribution < 1.29 is 14.3 Å². The fourth-order valence-electron chi connectivity index (χ4n) is 2.91. The molecule has 2 heterocycles. The minimum atomic E-state index is -0.574. The van der Waals surface area contributed by atoms with Gasteiger partial charge in [0.2, 0.25) is 0 Å². The topological polar surface area (TPSA) is 46.6 Å². The number of ether oxygens (including phenoxy) is 1. The number of esters is 1. The van der Waals surface area contributed by atoms with Gasteiger partial charge < -0.3 is 9.64 Å². The third kappa shape index (κ3) is 3.53. The molecule has 1 aromatic heterocycles. The fourth-order valence-corrected chi connectivity index (χ4v) is 4.59. The van der Waals surface area contributed by atoms with Crippen molar-refractivity contribution in [3.8, 4) is 0 Å². The molecule has 1 fully saturated rings. The van der Waals surface area contributed by atoms with E-state index in [1.54, 1.807) is 23.1 Å². The van der Waals surface area contributed by atoms with E-state index in [0.717, 1.165) is 35.9 Å². The predicted molar refractivity (Wildman–Crippen MR) is 97.2 cm³/mol. The Kier molecular flexibility index (Phi) is 5.33. The average Bonchev–Trinajstić information content (AvgIpc) is 2.89. The highest BCUT2D eigenvalue weighted by Gasteiger charge is 2.25. The minimum Gasteiger partial charge on any atom is -0.451 e. The van der Waals surface area contributed by atoms with Gasteiger partial charge in [-0.3, -0.25) is 4.79 Å². The van der Waals surface area contributed by atoms with Crippen LogP contribution in [0.25, 0.3) is 10.1 Å². The van der Waals surface area contributed by atoms with Gasteiger partial charge in [0.15, 0.2) is 6.61 Å². The van der Waals surface area contributed by atoms with Crippen LogP contribution in [-0.2, 0) is 9.53 Å². The van der Waals surface area contributed by atoms with Crippen molar-refractivity contribution in [2.24, 2.45) is 0 Å². The van der Waals surface area contributed by atoms with Gasteiger partial charge in [-0.15, -0.1) is 11.3 Å². The smallest absolute Gasteiger partial charge is 0.350 e. The Morgan fingerprint density at radius 1 is 1.33 bits per heavy atom. The summed E-state index contributed by atoms with van der Waals surface area (Å²) in [5, 5.41) is 1.68. The Balaban J connectivity index is 1.69. The van der Waals surface area contributed by atoms with Crippen LogP contribution in [0.3, 0.4) is 0 Å². The van der Waals surface area contributed by atoms with Crippen LogP contribution >= 0.6 is 34.5 Å². The molecule has 0 aliphatic carbocycles. The number of hydrogen-bond donors (Lipinski definition) is 0. The van der Waals surface area contributed by atoms with Crippen LogP contribution in [0.1, 0.15) is 35.9 Å². The van der Waals surface area contributed by atoms with Gasteiger partial charge >= 0.3 is 5.97 Å². The highest BCUT2D eigenvalue weighted by atomic mass is 35.5. The van der Waals surface area contributed by atoms with Crippen molar-refractivity contribution in [2.75, 3.05) is 13.2 Å². The van der Waals surface area contributed by atoms with Crippen molar-refractivity contribution in [1.29, 1.82) is 0 Å². The maximum absolute atomic E-state index is 12.3. The molecule has 2 aromatic rings. The van der Waals surface area contributed by atoms with Gasteiger partial charge in [0.05, 0.1) is 5.02 Å². The summed E-state index contributed by atoms with van der Waals surface area (Å²) in [6, 6.07) is 5.44. The number of thiophene rings is 1. The zero-order valence-electron chi connectivity index (χ0n) is 13.2. The molecule has 0 radical (unpaired) electrons. The summed E-state index contributed by atoms with van der Waals surface area (Å²) in [7, 11) is 0. The molecule has 0 bridgehead atoms. The van der Waals surface area contributed by atoms with Gasteiger partial charge in [-0.25, -0.2) is 4.79 Å². The van der Waals surface area contributed by atoms with Gasteiger partial charge in [-0.2, -0.15) is 0 Å². The molecule has 4 nitrogen and oxygen atoms in total. The van der Waals surface area contributed by atoms with E-state index in [0.29, 0.717) is 14.9 Å². The summed E-state index contributed by atoms with van der Waals surface area (Å²) in [4.78, 5) is 26.6. The number of amides is 1. The Bertz CT molecular complexity index is 789. The molecule has 24 heavy (non-hydrogen) atoms. The van der Waals surface area contributed by atoms with E-state index in [1.807, 2.05) is 6.92 Å². The van der Waals surface area contributed by atoms with Crippen LogP contribution in [0.15, 0.2) is 18.2 Å². The molecule has 7 heteroatoms. The largest absolute Gasteiger partial charge is 0.451 e. The minimum absolute atomic E-state index is 0.157. The summed E-state index contributed by atoms with van der Waals surface area (Å²) < 4.78 is 6.01. The van der Waals surface area contributed by atoms with Crippen LogP contribution in [0, 0.1) is 0 Å². The quantitative estimate of drug-likeness (QED) is 0.715. The number of benzene rings is 1. The highest BCUT2D eigenvalue weighted by molar-refractivity contribution is 7.21. The number of carbonyl (C=O) groups is 2. The van der Waals surface area contributed by atoms with E-state index in [-0.39, 0.29) is 18.6 Å². The maximum Gasteiger partial charge on any atom is 0.350 e. The SMILES string of the molecule is C[C@H]1CCCCN1C(=O)COC(=O)c1sc2cc(Cl)ccc2c1Cl. The number of likely N-dealkylation sites (tertiary alicyclic amines) is 1. The number of rotatable bonds is 3. The van der Waals surface area contributed by atoms with Crippen LogP contribution in [0.5, 0.6) is 0 Å². The van der Waals surface area contributed by atoms with Crippen LogP contribution in [-0.4, -0.2) is 36.0 Å². The van der Waals surface area contributed by atoms with Crippen molar-refractivity contribution in [1.82, 2.24) is 4.90 Å². The molecule has 1 saturated heterocycles. The van der Waals surface area contributed by atoms with E-state index in [4.69, 9.17) is 27.9 Å². The number of halogens is 2. The first-order chi connectivity index (χ1) is 11.5. The zero-order chi connectivity index (χ0) is 17.3. The first-order valence-corrected chi connectivity index (χ1v) is 9.38. The summed E-state index contributed by atoms with van der Waals surface area (Å²) in [5.41, 5.74) is 0. The van der Waals surface area contributed by atoms with Gasteiger partial charge in [0, 0.05) is 27.7 Å². The molecular weight excluding hydrogens is 369 g/mol. The number of carbonyl (C=O) groups excluding carboxylic acids is 2. The first kappa shape index (κ1) is 17.5. The monoisotopic (exact) mass is 385 g/mol. The number of fused-ring (bicyclic) bond motifs is 1. The number of nitrogens with zero attached hydrogens (tertiary/aromatic N) is 1. The third-order valence-corrected chi connectivity index (χ3v) is 6.10. The van der Waals surface area contributed by atoms with Crippen molar-refractivity contribution in [3.05, 3.63) is 33.1 Å². The molecule has 0 N–H and O–H groups in total. The first-order valence-electron chi connectivity index (χ1n) is 7.81. The molecule has 0 spiro atoms. The molecule has 1 aliphatic heterocycles. The Morgan fingerprint density at radius 2 is 2.12 bits per heavy atom. The molecule has 1 amide bonds. The second-order valence-corrected chi connectivity index (χ2v) is 7.76. The Hall–Kier alpha value is -1.30. The van der Waals surface area contributed by atoms with Gasteiger partial charge in [0.25, 0.3) is 5.91 Å². The molecule has 1 atom stereocenters. The average molecular weight is 386 g/mol. The second kappa shape index (κ2) is 7.30. The normalized spacial score (nSPS) is 18.0. The summed E-state index contributed by atoms with van der Waals surface area (Å²) >= 11 is 13.4. The van der Waals surface area contributed by atoms with Crippen molar-refractivity contribution in [3.63, 3.8) is 0 Å². The van der Waals surface area contributed by atoms with Gasteiger partial charge in [-0.05, 0) is 38.3 Å². The zero-order valence-corrected chi connectivity index (χ0v) is 15.5. The molecule has 0 unspecified atom stereocenters. The third-order valence-electron chi connectivity index (χ3n) is 4.23. The molecular formula is C17H17Cl2NO3S. The Labute approximate surface area is 154 Å². The van der Waals surface area contributed by atoms with E-state index in [2.05, 4.69) is 0 Å². The van der Waals surface area contributed by atoms with E-state index in [9.17, 15) is 9.59 Å². The van der Waals surface area contributed by atoms with E-state index < -0.39 is 5.97 Å². The molecule has 1 aliphatic rings. The van der Waals surface area contributed by atoms with E-state index >= 15 is 0 Å². The lowest BCUT2D eigenvalue weighted by Crippen LogP contribution is -2.44. The molecule has 128 valence electrons. The standard InChI is InChI=1S/C17H17Cl2NO3S/c1-10-4-2-3-7-20(10)14(21)9-23-17(22)16-15(19)12-6-5-11(18)8-13(12)24-16/h5-6,8,10H,2-4,7,9H2,1H3/t10-/m0/s1. The fraction of sp³-hybridized carbons (Fsp3) is 0.412. The molecule has 3 rings (SSSR count). The highest BCUT2D eigenvalue weighted by Crippen LogP contribution is 2.37. The predicted octanol–water partition coefficient (Wildman–Crippen LogP) is 4.77. The number of piperidine rings is 1. The summed E-state index contributed by atoms with van der Waals surface area (Å²) in [6.45, 7) is 2.49. The summed E-state index contributed by atoms with van der Waals surface area (Å²) in [6.07, 6.45) is 3.11. The van der Waals surface area contributed by atoms with Crippen molar-refractivity contribution in [2.45, 2.75) is 32.2 Å². The second-order valence-electron chi connectivity index (χ2n) is 5.89. The van der Waals surface area contributed by atoms with Crippen LogP contribution in [0.4, 0.5) is 0 Å². The lowest BCUT2D eigenvalue weighted by Gasteiger charge is -2.33. The van der Waals surface area contributed by atoms with Gasteiger partial charge in [-0.1, -0.05) is 29.3 Å². The van der Waals surface area contributed by atoms with Crippen LogP contribution < -0.4 is 0 Å². The van der Waals surface area contributed by atoms with Crippen molar-refractivity contribution >= 4 is 56.5 Å².